The highest BCUT2D eigenvalue weighted by Gasteiger charge is 2.14. The number of aromatic nitrogens is 1. The molecule has 4 aromatic rings. The van der Waals surface area contributed by atoms with Gasteiger partial charge in [0, 0.05) is 10.8 Å². The molecule has 1 heterocycles. The van der Waals surface area contributed by atoms with E-state index >= 15 is 0 Å². The maximum Gasteiger partial charge on any atom is 0.569 e. The van der Waals surface area contributed by atoms with Crippen molar-refractivity contribution in [2.45, 2.75) is 0 Å². The molecule has 0 aliphatic rings. The van der Waals surface area contributed by atoms with E-state index in [4.69, 9.17) is 9.68 Å². The molecule has 105 valence electrons. The maximum atomic E-state index is 9.01. The van der Waals surface area contributed by atoms with Gasteiger partial charge in [0.25, 0.3) is 0 Å². The highest BCUT2D eigenvalue weighted by atomic mass is 16.5. The van der Waals surface area contributed by atoms with Crippen LogP contribution < -0.4 is 4.65 Å². The van der Waals surface area contributed by atoms with Crippen molar-refractivity contribution in [2.24, 2.45) is 0 Å². The molecule has 1 aromatic heterocycles. The molecular weight excluding hydrogens is 273 g/mol. The monoisotopic (exact) mass is 286 g/mol. The van der Waals surface area contributed by atoms with E-state index in [0.29, 0.717) is 13.4 Å². The molecule has 1 N–H and O–H groups in total. The van der Waals surface area contributed by atoms with Crippen LogP contribution in [0.5, 0.6) is 5.75 Å². The van der Waals surface area contributed by atoms with Crippen LogP contribution in [0, 0.1) is 0 Å². The predicted octanol–water partition coefficient (Wildman–Crippen LogP) is 3.69. The molecule has 0 unspecified atom stereocenters. The fourth-order valence-corrected chi connectivity index (χ4v) is 2.98. The normalized spacial score (nSPS) is 11.0. The van der Waals surface area contributed by atoms with Gasteiger partial charge >= 0.3 is 7.69 Å². The fraction of sp³-hybridized carbons (Fsp3) is 0. The number of hydrogen-bond donors (Lipinski definition) is 1. The fourth-order valence-electron chi connectivity index (χ4n) is 2.98. The van der Waals surface area contributed by atoms with Crippen molar-refractivity contribution in [2.75, 3.05) is 0 Å². The Balaban J connectivity index is 2.14. The van der Waals surface area contributed by atoms with E-state index in [2.05, 4.69) is 28.8 Å². The molecule has 22 heavy (non-hydrogen) atoms. The molecule has 0 fully saturated rings. The minimum Gasteiger partial charge on any atom is -0.536 e. The first-order valence-corrected chi connectivity index (χ1v) is 7.10. The van der Waals surface area contributed by atoms with Crippen LogP contribution in [0.1, 0.15) is 0 Å². The van der Waals surface area contributed by atoms with Crippen LogP contribution in [0.3, 0.4) is 0 Å². The number of rotatable bonds is 3. The topological polar surface area (TPSA) is 34.4 Å². The third-order valence-corrected chi connectivity index (χ3v) is 3.87. The molecule has 0 amide bonds. The van der Waals surface area contributed by atoms with Crippen molar-refractivity contribution in [1.82, 2.24) is 4.57 Å². The van der Waals surface area contributed by atoms with Crippen molar-refractivity contribution < 1.29 is 9.68 Å². The lowest BCUT2D eigenvalue weighted by atomic mass is 10.2. The first-order valence-electron chi connectivity index (χ1n) is 7.10. The van der Waals surface area contributed by atoms with Gasteiger partial charge in [-0.05, 0) is 24.3 Å². The highest BCUT2D eigenvalue weighted by Crippen LogP contribution is 2.34. The Labute approximate surface area is 128 Å². The van der Waals surface area contributed by atoms with Gasteiger partial charge in [0.05, 0.1) is 16.7 Å². The summed E-state index contributed by atoms with van der Waals surface area (Å²) in [6, 6.07) is 24.2. The third-order valence-electron chi connectivity index (χ3n) is 3.87. The Bertz CT molecular complexity index is 908. The lowest BCUT2D eigenvalue weighted by Gasteiger charge is -2.13. The molecule has 4 rings (SSSR count). The zero-order valence-electron chi connectivity index (χ0n) is 11.8. The lowest BCUT2D eigenvalue weighted by molar-refractivity contribution is 0.453. The average Bonchev–Trinajstić information content (AvgIpc) is 2.90. The van der Waals surface area contributed by atoms with Crippen LogP contribution in [-0.4, -0.2) is 17.3 Å². The van der Waals surface area contributed by atoms with E-state index in [9.17, 15) is 0 Å². The van der Waals surface area contributed by atoms with E-state index in [0.717, 1.165) is 16.7 Å². The van der Waals surface area contributed by atoms with Crippen molar-refractivity contribution in [3.63, 3.8) is 0 Å². The molecule has 0 aliphatic heterocycles. The van der Waals surface area contributed by atoms with E-state index in [-0.39, 0.29) is 0 Å². The molecule has 4 heteroatoms. The summed E-state index contributed by atoms with van der Waals surface area (Å²) < 4.78 is 7.42. The summed E-state index contributed by atoms with van der Waals surface area (Å²) in [4.78, 5) is 0. The van der Waals surface area contributed by atoms with Crippen molar-refractivity contribution in [3.8, 4) is 11.4 Å². The van der Waals surface area contributed by atoms with Gasteiger partial charge in [0.1, 0.15) is 5.75 Å². The zero-order valence-corrected chi connectivity index (χ0v) is 11.8. The van der Waals surface area contributed by atoms with Crippen LogP contribution in [0.2, 0.25) is 0 Å². The van der Waals surface area contributed by atoms with Gasteiger partial charge in [-0.3, -0.25) is 0 Å². The van der Waals surface area contributed by atoms with Gasteiger partial charge in [0.2, 0.25) is 0 Å². The molecule has 0 saturated heterocycles. The summed E-state index contributed by atoms with van der Waals surface area (Å²) in [5.74, 6) is 0.608. The van der Waals surface area contributed by atoms with Gasteiger partial charge in [-0.15, -0.1) is 0 Å². The minimum atomic E-state index is 0.608. The molecule has 3 aromatic carbocycles. The highest BCUT2D eigenvalue weighted by molar-refractivity contribution is 6.17. The maximum absolute atomic E-state index is 9.01. The Morgan fingerprint density at radius 2 is 1.27 bits per heavy atom. The van der Waals surface area contributed by atoms with Crippen LogP contribution in [0.25, 0.3) is 27.5 Å². The molecule has 0 aliphatic carbocycles. The predicted molar refractivity (Wildman–Crippen MR) is 89.4 cm³/mol. The first-order chi connectivity index (χ1) is 10.9. The summed E-state index contributed by atoms with van der Waals surface area (Å²) in [5.41, 5.74) is 3.11. The van der Waals surface area contributed by atoms with Crippen LogP contribution in [0.4, 0.5) is 0 Å². The zero-order chi connectivity index (χ0) is 14.9. The molecule has 0 spiro atoms. The molecule has 0 bridgehead atoms. The Morgan fingerprint density at radius 1 is 0.727 bits per heavy atom. The number of fused-ring (bicyclic) bond motifs is 3. The molecule has 0 atom stereocenters. The summed E-state index contributed by atoms with van der Waals surface area (Å²) in [6.45, 7) is 0. The summed E-state index contributed by atoms with van der Waals surface area (Å²) >= 11 is 0. The quantitative estimate of drug-likeness (QED) is 0.583. The van der Waals surface area contributed by atoms with Crippen molar-refractivity contribution in [3.05, 3.63) is 72.8 Å². The van der Waals surface area contributed by atoms with Gasteiger partial charge < -0.3 is 14.2 Å². The summed E-state index contributed by atoms with van der Waals surface area (Å²) in [6.07, 6.45) is 0. The number of nitrogens with zero attached hydrogens (tertiary/aromatic N) is 1. The smallest absolute Gasteiger partial charge is 0.536 e. The second kappa shape index (κ2) is 5.24. The number of hydrogen-bond acceptors (Lipinski definition) is 2. The van der Waals surface area contributed by atoms with E-state index < -0.39 is 0 Å². The van der Waals surface area contributed by atoms with E-state index in [1.807, 2.05) is 48.5 Å². The Morgan fingerprint density at radius 3 is 1.91 bits per heavy atom. The van der Waals surface area contributed by atoms with Gasteiger partial charge in [-0.2, -0.15) is 0 Å². The Hall–Kier alpha value is -2.72. The lowest BCUT2D eigenvalue weighted by Crippen LogP contribution is -2.04. The minimum absolute atomic E-state index is 0.608. The van der Waals surface area contributed by atoms with Crippen LogP contribution in [-0.2, 0) is 0 Å². The molecule has 3 nitrogen and oxygen atoms in total. The second-order valence-corrected chi connectivity index (χ2v) is 5.06. The largest absolute Gasteiger partial charge is 0.569 e. The van der Waals surface area contributed by atoms with Crippen molar-refractivity contribution >= 4 is 29.5 Å². The van der Waals surface area contributed by atoms with Crippen LogP contribution in [0.15, 0.2) is 72.8 Å². The SMILES string of the molecule is O[B]Oc1ccccc1-n1c2ccccc2c2ccccc21. The number of benzene rings is 3. The van der Waals surface area contributed by atoms with Gasteiger partial charge in [-0.25, -0.2) is 0 Å². The molecular formula is C18H13BNO2. The summed E-state index contributed by atoms with van der Waals surface area (Å²) in [5, 5.41) is 11.4. The third kappa shape index (κ3) is 1.89. The van der Waals surface area contributed by atoms with E-state index in [1.54, 1.807) is 0 Å². The Kier molecular flexibility index (Phi) is 3.09. The standard InChI is InChI=1S/C18H13BNO2/c21-19-22-18-12-6-5-11-17(18)20-15-9-3-1-7-13(15)14-8-2-4-10-16(14)20/h1-12,21H. The molecule has 1 radical (unpaired) electrons. The van der Waals surface area contributed by atoms with Gasteiger partial charge in [0.15, 0.2) is 0 Å². The summed E-state index contributed by atoms with van der Waals surface area (Å²) in [7, 11) is 0.715. The number of para-hydroxylation sites is 4. The second-order valence-electron chi connectivity index (χ2n) is 5.06. The molecule has 0 saturated carbocycles. The van der Waals surface area contributed by atoms with Crippen LogP contribution >= 0.6 is 0 Å². The first kappa shape index (κ1) is 13.0. The average molecular weight is 286 g/mol. The van der Waals surface area contributed by atoms with Crippen molar-refractivity contribution in [1.29, 1.82) is 0 Å². The van der Waals surface area contributed by atoms with Gasteiger partial charge in [-0.1, -0.05) is 48.5 Å². The van der Waals surface area contributed by atoms with E-state index in [1.165, 1.54) is 10.8 Å².